The number of aromatic nitrogens is 2. The van der Waals surface area contributed by atoms with Gasteiger partial charge < -0.3 is 15.4 Å². The monoisotopic (exact) mass is 411 g/mol. The number of aliphatic imine (C=N–C) groups is 1. The highest BCUT2D eigenvalue weighted by Crippen LogP contribution is 2.31. The van der Waals surface area contributed by atoms with Crippen LogP contribution in [0.25, 0.3) is 0 Å². The summed E-state index contributed by atoms with van der Waals surface area (Å²) in [7, 11) is 3.59. The largest absolute Gasteiger partial charge is 0.492 e. The zero-order chi connectivity index (χ0) is 21.6. The maximum absolute atomic E-state index is 12.7. The summed E-state index contributed by atoms with van der Waals surface area (Å²) in [5, 5.41) is 10.8. The van der Waals surface area contributed by atoms with Gasteiger partial charge in [-0.1, -0.05) is 6.07 Å². The minimum absolute atomic E-state index is 0.118. The van der Waals surface area contributed by atoms with Crippen LogP contribution >= 0.6 is 0 Å². The molecule has 1 aromatic heterocycles. The van der Waals surface area contributed by atoms with Gasteiger partial charge in [-0.05, 0) is 51.0 Å². The summed E-state index contributed by atoms with van der Waals surface area (Å²) in [6.45, 7) is 6.69. The third-order valence-corrected chi connectivity index (χ3v) is 4.60. The molecule has 1 atom stereocenters. The number of ether oxygens (including phenoxy) is 1. The summed E-state index contributed by atoms with van der Waals surface area (Å²) < 4.78 is 45.5. The van der Waals surface area contributed by atoms with Crippen LogP contribution in [0.2, 0.25) is 0 Å². The third-order valence-electron chi connectivity index (χ3n) is 4.60. The van der Waals surface area contributed by atoms with Crippen LogP contribution in [0.3, 0.4) is 0 Å². The molecule has 0 radical (unpaired) electrons. The van der Waals surface area contributed by atoms with E-state index in [2.05, 4.69) is 27.6 Å². The van der Waals surface area contributed by atoms with E-state index in [1.54, 1.807) is 7.05 Å². The minimum atomic E-state index is -4.38. The van der Waals surface area contributed by atoms with E-state index in [-0.39, 0.29) is 18.4 Å². The number of nitrogens with zero attached hydrogens (tertiary/aromatic N) is 3. The first-order chi connectivity index (χ1) is 13.6. The van der Waals surface area contributed by atoms with Crippen LogP contribution < -0.4 is 15.4 Å². The molecule has 0 fully saturated rings. The van der Waals surface area contributed by atoms with Crippen molar-refractivity contribution < 1.29 is 17.9 Å². The van der Waals surface area contributed by atoms with Gasteiger partial charge in [-0.15, -0.1) is 0 Å². The number of aryl methyl sites for hydroxylation is 2. The molecular formula is C20H28F3N5O. The Labute approximate surface area is 169 Å². The van der Waals surface area contributed by atoms with Crippen molar-refractivity contribution in [3.8, 4) is 5.75 Å². The van der Waals surface area contributed by atoms with E-state index in [9.17, 15) is 13.2 Å². The first-order valence-electron chi connectivity index (χ1n) is 9.38. The summed E-state index contributed by atoms with van der Waals surface area (Å²) in [5.41, 5.74) is 2.62. The van der Waals surface area contributed by atoms with Gasteiger partial charge in [0.25, 0.3) is 0 Å². The molecule has 29 heavy (non-hydrogen) atoms. The topological polar surface area (TPSA) is 63.5 Å². The average molecular weight is 411 g/mol. The molecule has 0 amide bonds. The second-order valence-electron chi connectivity index (χ2n) is 6.90. The van der Waals surface area contributed by atoms with Crippen molar-refractivity contribution in [2.75, 3.05) is 20.2 Å². The van der Waals surface area contributed by atoms with Crippen LogP contribution in [0.1, 0.15) is 29.4 Å². The number of hydrogen-bond donors (Lipinski definition) is 2. The fourth-order valence-corrected chi connectivity index (χ4v) is 3.00. The summed E-state index contributed by atoms with van der Waals surface area (Å²) in [5.74, 6) is 0.782. The SMILES string of the molecule is CN=C(NCCOc1cccc(C(F)(F)F)c1)NC(C)Cc1c(C)nn(C)c1C. The number of guanidine groups is 1. The minimum Gasteiger partial charge on any atom is -0.492 e. The van der Waals surface area contributed by atoms with Gasteiger partial charge in [-0.25, -0.2) is 0 Å². The lowest BCUT2D eigenvalue weighted by Crippen LogP contribution is -2.44. The molecule has 2 rings (SSSR count). The molecule has 1 unspecified atom stereocenters. The van der Waals surface area contributed by atoms with E-state index in [0.717, 1.165) is 29.9 Å². The number of rotatable bonds is 7. The predicted molar refractivity (Wildman–Crippen MR) is 107 cm³/mol. The Bertz CT molecular complexity index is 845. The maximum atomic E-state index is 12.7. The van der Waals surface area contributed by atoms with E-state index >= 15 is 0 Å². The Kier molecular flexibility index (Phi) is 7.53. The van der Waals surface area contributed by atoms with Crippen molar-refractivity contribution in [2.24, 2.45) is 12.0 Å². The Morgan fingerprint density at radius 2 is 2.03 bits per heavy atom. The molecule has 1 aromatic carbocycles. The first kappa shape index (κ1) is 22.6. The van der Waals surface area contributed by atoms with Gasteiger partial charge in [0.15, 0.2) is 5.96 Å². The standard InChI is InChI=1S/C20H28F3N5O/c1-13(11-18-14(2)27-28(5)15(18)3)26-19(24-4)25-9-10-29-17-8-6-7-16(12-17)20(21,22)23/h6-8,12-13H,9-11H2,1-5H3,(H2,24,25,26). The van der Waals surface area contributed by atoms with E-state index in [1.807, 2.05) is 25.6 Å². The Hall–Kier alpha value is -2.71. The number of alkyl halides is 3. The summed E-state index contributed by atoms with van der Waals surface area (Å²) in [6.07, 6.45) is -3.59. The molecular weight excluding hydrogens is 383 g/mol. The number of benzene rings is 1. The Morgan fingerprint density at radius 3 is 2.62 bits per heavy atom. The van der Waals surface area contributed by atoms with Crippen molar-refractivity contribution in [1.29, 1.82) is 0 Å². The van der Waals surface area contributed by atoms with Gasteiger partial charge in [-0.3, -0.25) is 9.67 Å². The molecule has 0 bridgehead atoms. The smallest absolute Gasteiger partial charge is 0.416 e. The van der Waals surface area contributed by atoms with Crippen molar-refractivity contribution in [3.05, 3.63) is 46.8 Å². The highest BCUT2D eigenvalue weighted by Gasteiger charge is 2.30. The van der Waals surface area contributed by atoms with E-state index in [0.29, 0.717) is 12.5 Å². The normalized spacial score (nSPS) is 13.3. The lowest BCUT2D eigenvalue weighted by atomic mass is 10.1. The van der Waals surface area contributed by atoms with Crippen molar-refractivity contribution in [1.82, 2.24) is 20.4 Å². The van der Waals surface area contributed by atoms with Crippen LogP contribution in [-0.4, -0.2) is 42.0 Å². The molecule has 0 saturated heterocycles. The highest BCUT2D eigenvalue weighted by molar-refractivity contribution is 5.79. The molecule has 0 aliphatic heterocycles. The van der Waals surface area contributed by atoms with Crippen molar-refractivity contribution >= 4 is 5.96 Å². The van der Waals surface area contributed by atoms with E-state index in [1.165, 1.54) is 17.7 Å². The zero-order valence-corrected chi connectivity index (χ0v) is 17.4. The molecule has 6 nitrogen and oxygen atoms in total. The van der Waals surface area contributed by atoms with Gasteiger partial charge >= 0.3 is 6.18 Å². The molecule has 2 aromatic rings. The van der Waals surface area contributed by atoms with Gasteiger partial charge in [0.1, 0.15) is 12.4 Å². The quantitative estimate of drug-likeness (QED) is 0.417. The molecule has 0 saturated carbocycles. The number of hydrogen-bond acceptors (Lipinski definition) is 3. The molecule has 0 aliphatic rings. The van der Waals surface area contributed by atoms with Crippen LogP contribution in [0.15, 0.2) is 29.3 Å². The van der Waals surface area contributed by atoms with Crippen LogP contribution in [0.5, 0.6) is 5.75 Å². The van der Waals surface area contributed by atoms with Crippen LogP contribution in [0, 0.1) is 13.8 Å². The molecule has 9 heteroatoms. The second-order valence-corrected chi connectivity index (χ2v) is 6.90. The molecule has 0 aliphatic carbocycles. The van der Waals surface area contributed by atoms with Crippen LogP contribution in [-0.2, 0) is 19.6 Å². The number of halogens is 3. The first-order valence-corrected chi connectivity index (χ1v) is 9.38. The number of nitrogens with one attached hydrogen (secondary N) is 2. The summed E-state index contributed by atoms with van der Waals surface area (Å²) in [4.78, 5) is 4.18. The highest BCUT2D eigenvalue weighted by atomic mass is 19.4. The predicted octanol–water partition coefficient (Wildman–Crippen LogP) is 3.23. The van der Waals surface area contributed by atoms with E-state index in [4.69, 9.17) is 4.74 Å². The zero-order valence-electron chi connectivity index (χ0n) is 17.4. The van der Waals surface area contributed by atoms with Gasteiger partial charge in [0, 0.05) is 25.8 Å². The fraction of sp³-hybridized carbons (Fsp3) is 0.500. The summed E-state index contributed by atoms with van der Waals surface area (Å²) in [6, 6.07) is 4.96. The molecule has 1 heterocycles. The van der Waals surface area contributed by atoms with Gasteiger partial charge in [0.2, 0.25) is 0 Å². The third kappa shape index (κ3) is 6.40. The van der Waals surface area contributed by atoms with Gasteiger partial charge in [-0.2, -0.15) is 18.3 Å². The van der Waals surface area contributed by atoms with Crippen molar-refractivity contribution in [2.45, 2.75) is 39.4 Å². The average Bonchev–Trinajstić information content (AvgIpc) is 2.89. The molecule has 160 valence electrons. The Morgan fingerprint density at radius 1 is 1.31 bits per heavy atom. The Balaban J connectivity index is 1.80. The second kappa shape index (κ2) is 9.67. The lowest BCUT2D eigenvalue weighted by molar-refractivity contribution is -0.137. The molecule has 2 N–H and O–H groups in total. The van der Waals surface area contributed by atoms with Crippen LogP contribution in [0.4, 0.5) is 13.2 Å². The van der Waals surface area contributed by atoms with E-state index < -0.39 is 11.7 Å². The molecule has 0 spiro atoms. The maximum Gasteiger partial charge on any atom is 0.416 e. The fourth-order valence-electron chi connectivity index (χ4n) is 3.00. The van der Waals surface area contributed by atoms with Crippen molar-refractivity contribution in [3.63, 3.8) is 0 Å². The lowest BCUT2D eigenvalue weighted by Gasteiger charge is -2.18. The van der Waals surface area contributed by atoms with Gasteiger partial charge in [0.05, 0.1) is 17.8 Å². The summed E-state index contributed by atoms with van der Waals surface area (Å²) >= 11 is 0.